The normalized spacial score (nSPS) is 10.7. The Morgan fingerprint density at radius 3 is 2.50 bits per heavy atom. The average molecular weight is 291 g/mol. The molecule has 0 spiro atoms. The van der Waals surface area contributed by atoms with Crippen LogP contribution in [-0.2, 0) is 0 Å². The minimum atomic E-state index is -0.412. The first-order chi connectivity index (χ1) is 10.7. The van der Waals surface area contributed by atoms with Gasteiger partial charge in [0.2, 0.25) is 0 Å². The second-order valence-electron chi connectivity index (χ2n) is 4.21. The third-order valence-electron chi connectivity index (χ3n) is 2.79. The summed E-state index contributed by atoms with van der Waals surface area (Å²) in [7, 11) is 0. The van der Waals surface area contributed by atoms with Crippen molar-refractivity contribution in [3.63, 3.8) is 0 Å². The maximum Gasteiger partial charge on any atom is 0.276 e. The predicted octanol–water partition coefficient (Wildman–Crippen LogP) is 4.50. The number of benzene rings is 2. The van der Waals surface area contributed by atoms with Crippen LogP contribution in [0.2, 0.25) is 0 Å². The van der Waals surface area contributed by atoms with Crippen molar-refractivity contribution in [2.75, 3.05) is 0 Å². The van der Waals surface area contributed by atoms with Crippen molar-refractivity contribution in [2.24, 2.45) is 9.98 Å². The molecule has 0 radical (unpaired) electrons. The third kappa shape index (κ3) is 3.85. The summed E-state index contributed by atoms with van der Waals surface area (Å²) in [5.74, 6) is 2.47. The number of hydrogen-bond acceptors (Lipinski definition) is 4. The van der Waals surface area contributed by atoms with Crippen LogP contribution in [0.5, 0.6) is 0 Å². The number of nitro benzene ring substituents is 1. The Hall–Kier alpha value is -3.30. The summed E-state index contributed by atoms with van der Waals surface area (Å²) < 4.78 is 0. The molecule has 0 saturated heterocycles. The molecule has 0 heterocycles. The largest absolute Gasteiger partial charge is 0.276 e. The van der Waals surface area contributed by atoms with E-state index in [9.17, 15) is 10.1 Å². The fraction of sp³-hybridized carbons (Fsp3) is 0. The van der Waals surface area contributed by atoms with E-state index in [1.807, 2.05) is 18.2 Å². The van der Waals surface area contributed by atoms with Gasteiger partial charge in [0.25, 0.3) is 5.69 Å². The van der Waals surface area contributed by atoms with Gasteiger partial charge >= 0.3 is 0 Å². The maximum atomic E-state index is 10.9. The summed E-state index contributed by atoms with van der Waals surface area (Å²) in [4.78, 5) is 18.8. The number of allylic oxidation sites excluding steroid dienone is 1. The lowest BCUT2D eigenvalue weighted by Crippen LogP contribution is -1.90. The lowest BCUT2D eigenvalue weighted by molar-refractivity contribution is -0.385. The molecule has 2 aromatic rings. The van der Waals surface area contributed by atoms with Crippen LogP contribution in [0.25, 0.3) is 6.08 Å². The van der Waals surface area contributed by atoms with Crippen LogP contribution in [0.4, 0.5) is 17.1 Å². The van der Waals surface area contributed by atoms with Gasteiger partial charge in [-0.2, -0.15) is 0 Å². The fourth-order valence-corrected chi connectivity index (χ4v) is 1.82. The average Bonchev–Trinajstić information content (AvgIpc) is 2.53. The van der Waals surface area contributed by atoms with Crippen LogP contribution in [0.3, 0.4) is 0 Å². The lowest BCUT2D eigenvalue weighted by atomic mass is 10.1. The summed E-state index contributed by atoms with van der Waals surface area (Å²) in [6.07, 6.45) is 4.85. The summed E-state index contributed by atoms with van der Waals surface area (Å²) in [5, 5.41) is 10.9. The number of nitro groups is 1. The molecule has 0 bridgehead atoms. The topological polar surface area (TPSA) is 67.9 Å². The zero-order chi connectivity index (χ0) is 15.8. The van der Waals surface area contributed by atoms with Crippen LogP contribution in [0.15, 0.2) is 71.2 Å². The Morgan fingerprint density at radius 2 is 1.77 bits per heavy atom. The van der Waals surface area contributed by atoms with E-state index in [-0.39, 0.29) is 5.69 Å². The molecule has 2 aromatic carbocycles. The molecule has 0 N–H and O–H groups in total. The molecule has 5 heteroatoms. The highest BCUT2D eigenvalue weighted by Gasteiger charge is 2.08. The molecule has 2 rings (SSSR count). The van der Waals surface area contributed by atoms with Crippen molar-refractivity contribution in [3.8, 4) is 0 Å². The number of hydrogen-bond donors (Lipinski definition) is 0. The van der Waals surface area contributed by atoms with Gasteiger partial charge < -0.3 is 0 Å². The summed E-state index contributed by atoms with van der Waals surface area (Å²) >= 11 is 0. The highest BCUT2D eigenvalue weighted by molar-refractivity contribution is 5.83. The smallest absolute Gasteiger partial charge is 0.258 e. The van der Waals surface area contributed by atoms with Crippen LogP contribution in [0, 0.1) is 10.1 Å². The van der Waals surface area contributed by atoms with Crippen LogP contribution < -0.4 is 0 Å². The molecular weight excluding hydrogens is 278 g/mol. The highest BCUT2D eigenvalue weighted by Crippen LogP contribution is 2.26. The Morgan fingerprint density at radius 1 is 1.09 bits per heavy atom. The van der Waals surface area contributed by atoms with Gasteiger partial charge in [-0.1, -0.05) is 24.3 Å². The van der Waals surface area contributed by atoms with E-state index in [4.69, 9.17) is 0 Å². The van der Waals surface area contributed by atoms with Crippen molar-refractivity contribution in [2.45, 2.75) is 0 Å². The van der Waals surface area contributed by atoms with E-state index in [1.165, 1.54) is 6.07 Å². The molecule has 108 valence electrons. The van der Waals surface area contributed by atoms with Gasteiger partial charge in [-0.25, -0.2) is 4.99 Å². The van der Waals surface area contributed by atoms with Gasteiger partial charge in [-0.05, 0) is 42.8 Å². The van der Waals surface area contributed by atoms with E-state index in [1.54, 1.807) is 42.6 Å². The second-order valence-corrected chi connectivity index (χ2v) is 4.21. The molecule has 0 atom stereocenters. The zero-order valence-electron chi connectivity index (χ0n) is 11.7. The maximum absolute atomic E-state index is 10.9. The molecule has 0 aliphatic rings. The monoisotopic (exact) mass is 291 g/mol. The van der Waals surface area contributed by atoms with E-state index in [0.29, 0.717) is 16.9 Å². The SMILES string of the molecule is C=C=Nc1ccccc1N=C/C=C/c1ccccc1[N+](=O)[O-]. The Kier molecular flexibility index (Phi) is 5.13. The summed E-state index contributed by atoms with van der Waals surface area (Å²) in [6, 6.07) is 13.8. The van der Waals surface area contributed by atoms with E-state index >= 15 is 0 Å². The quantitative estimate of drug-likeness (QED) is 0.462. The first kappa shape index (κ1) is 15.1. The van der Waals surface area contributed by atoms with Crippen molar-refractivity contribution < 1.29 is 4.92 Å². The van der Waals surface area contributed by atoms with Gasteiger partial charge in [0, 0.05) is 12.3 Å². The molecule has 0 amide bonds. The lowest BCUT2D eigenvalue weighted by Gasteiger charge is -1.97. The first-order valence-electron chi connectivity index (χ1n) is 6.48. The predicted molar refractivity (Wildman–Crippen MR) is 89.4 cm³/mol. The second kappa shape index (κ2) is 7.47. The van der Waals surface area contributed by atoms with Crippen molar-refractivity contribution >= 4 is 35.2 Å². The minimum Gasteiger partial charge on any atom is -0.258 e. The van der Waals surface area contributed by atoms with Crippen molar-refractivity contribution in [1.29, 1.82) is 0 Å². The summed E-state index contributed by atoms with van der Waals surface area (Å²) in [6.45, 7) is 3.44. The van der Waals surface area contributed by atoms with E-state index < -0.39 is 4.92 Å². The van der Waals surface area contributed by atoms with E-state index in [0.717, 1.165) is 0 Å². The zero-order valence-corrected chi connectivity index (χ0v) is 11.7. The van der Waals surface area contributed by atoms with E-state index in [2.05, 4.69) is 22.4 Å². The van der Waals surface area contributed by atoms with Gasteiger partial charge in [-0.3, -0.25) is 15.1 Å². The van der Waals surface area contributed by atoms with Crippen molar-refractivity contribution in [1.82, 2.24) is 0 Å². The number of nitrogens with zero attached hydrogens (tertiary/aromatic N) is 3. The first-order valence-corrected chi connectivity index (χ1v) is 6.48. The standard InChI is InChI=1S/C17H13N3O2/c1-2-18-15-10-4-5-11-16(15)19-13-7-9-14-8-3-6-12-17(14)20(21)22/h3-13H,1H2/b9-7+,19-13?. The minimum absolute atomic E-state index is 0.0591. The Bertz CT molecular complexity index is 734. The molecule has 0 aliphatic heterocycles. The molecular formula is C17H13N3O2. The molecule has 0 aromatic heterocycles. The van der Waals surface area contributed by atoms with Crippen LogP contribution >= 0.6 is 0 Å². The Balaban J connectivity index is 2.20. The van der Waals surface area contributed by atoms with Gasteiger partial charge in [0.15, 0.2) is 0 Å². The van der Waals surface area contributed by atoms with Crippen LogP contribution in [-0.4, -0.2) is 17.0 Å². The molecule has 0 aliphatic carbocycles. The molecule has 0 saturated carbocycles. The number of aliphatic imine (C=N–C) groups is 2. The fourth-order valence-electron chi connectivity index (χ4n) is 1.82. The Labute approximate surface area is 127 Å². The third-order valence-corrected chi connectivity index (χ3v) is 2.79. The van der Waals surface area contributed by atoms with Crippen molar-refractivity contribution in [3.05, 3.63) is 76.9 Å². The summed E-state index contributed by atoms with van der Waals surface area (Å²) in [5.41, 5.74) is 1.92. The number of para-hydroxylation sites is 3. The molecule has 5 nitrogen and oxygen atoms in total. The highest BCUT2D eigenvalue weighted by atomic mass is 16.6. The molecule has 0 unspecified atom stereocenters. The molecule has 0 fully saturated rings. The van der Waals surface area contributed by atoms with Gasteiger partial charge in [0.05, 0.1) is 21.9 Å². The molecule has 22 heavy (non-hydrogen) atoms. The van der Waals surface area contributed by atoms with Gasteiger partial charge in [0.1, 0.15) is 0 Å². The number of rotatable bonds is 5. The van der Waals surface area contributed by atoms with Crippen LogP contribution in [0.1, 0.15) is 5.56 Å². The van der Waals surface area contributed by atoms with Gasteiger partial charge in [-0.15, -0.1) is 0 Å².